The predicted molar refractivity (Wildman–Crippen MR) is 69.2 cm³/mol. The van der Waals surface area contributed by atoms with E-state index in [2.05, 4.69) is 5.32 Å². The summed E-state index contributed by atoms with van der Waals surface area (Å²) in [5.41, 5.74) is 1.99. The van der Waals surface area contributed by atoms with Gasteiger partial charge in [-0.2, -0.15) is 0 Å². The van der Waals surface area contributed by atoms with Crippen LogP contribution in [0.5, 0.6) is 0 Å². The first-order valence-corrected chi connectivity index (χ1v) is 6.30. The minimum Gasteiger partial charge on any atom is -0.392 e. The van der Waals surface area contributed by atoms with Crippen molar-refractivity contribution >= 4 is 0 Å². The summed E-state index contributed by atoms with van der Waals surface area (Å²) in [6.45, 7) is 3.14. The highest BCUT2D eigenvalue weighted by Gasteiger charge is 2.34. The van der Waals surface area contributed by atoms with Crippen LogP contribution < -0.4 is 5.32 Å². The molecule has 0 aliphatic carbocycles. The van der Waals surface area contributed by atoms with Crippen molar-refractivity contribution in [2.45, 2.75) is 25.2 Å². The van der Waals surface area contributed by atoms with E-state index < -0.39 is 0 Å². The van der Waals surface area contributed by atoms with Crippen molar-refractivity contribution in [3.05, 3.63) is 35.4 Å². The van der Waals surface area contributed by atoms with E-state index >= 15 is 0 Å². The van der Waals surface area contributed by atoms with E-state index in [1.807, 2.05) is 24.3 Å². The second-order valence-corrected chi connectivity index (χ2v) is 4.77. The number of methoxy groups -OCH3 is 1. The number of ether oxygens (including phenoxy) is 2. The van der Waals surface area contributed by atoms with Crippen LogP contribution in [0, 0.1) is 0 Å². The maximum atomic E-state index is 8.97. The summed E-state index contributed by atoms with van der Waals surface area (Å²) in [7, 11) is 1.74. The minimum absolute atomic E-state index is 0.0951. The van der Waals surface area contributed by atoms with Crippen LogP contribution in [0.2, 0.25) is 0 Å². The molecule has 0 saturated carbocycles. The van der Waals surface area contributed by atoms with E-state index in [0.29, 0.717) is 6.61 Å². The number of benzene rings is 1. The van der Waals surface area contributed by atoms with E-state index in [1.165, 1.54) is 5.56 Å². The Morgan fingerprint density at radius 1 is 1.33 bits per heavy atom. The number of aliphatic hydroxyl groups excluding tert-OH is 1. The second-order valence-electron chi connectivity index (χ2n) is 4.77. The Labute approximate surface area is 108 Å². The molecule has 1 fully saturated rings. The molecular weight excluding hydrogens is 230 g/mol. The van der Waals surface area contributed by atoms with Crippen molar-refractivity contribution in [3.8, 4) is 0 Å². The molecule has 0 aromatic heterocycles. The molecule has 4 nitrogen and oxygen atoms in total. The van der Waals surface area contributed by atoms with Gasteiger partial charge in [0.05, 0.1) is 13.2 Å². The smallest absolute Gasteiger partial charge is 0.106 e. The summed E-state index contributed by atoms with van der Waals surface area (Å²) in [5.74, 6) is 0. The zero-order valence-corrected chi connectivity index (χ0v) is 10.8. The quantitative estimate of drug-likeness (QED) is 0.794. The lowest BCUT2D eigenvalue weighted by Crippen LogP contribution is -2.42. The van der Waals surface area contributed by atoms with E-state index in [9.17, 15) is 0 Å². The van der Waals surface area contributed by atoms with E-state index in [-0.39, 0.29) is 12.2 Å². The number of rotatable bonds is 6. The fourth-order valence-electron chi connectivity index (χ4n) is 2.16. The lowest BCUT2D eigenvalue weighted by atomic mass is 10.0. The Kier molecular flexibility index (Phi) is 4.72. The summed E-state index contributed by atoms with van der Waals surface area (Å²) < 4.78 is 10.9. The summed E-state index contributed by atoms with van der Waals surface area (Å²) in [6, 6.07) is 7.95. The fourth-order valence-corrected chi connectivity index (χ4v) is 2.16. The molecule has 2 rings (SSSR count). The maximum absolute atomic E-state index is 8.97. The standard InChI is InChI=1S/C14H21NO3/c1-17-14(6-7-18-11-14)10-15-8-12-2-4-13(9-16)5-3-12/h2-5,15-16H,6-11H2,1H3. The first kappa shape index (κ1) is 13.5. The molecule has 0 radical (unpaired) electrons. The van der Waals surface area contributed by atoms with Gasteiger partial charge in [0, 0.05) is 33.2 Å². The van der Waals surface area contributed by atoms with Crippen molar-refractivity contribution in [2.24, 2.45) is 0 Å². The summed E-state index contributed by atoms with van der Waals surface area (Å²) in [5, 5.41) is 12.4. The average molecular weight is 251 g/mol. The van der Waals surface area contributed by atoms with Gasteiger partial charge in [0.1, 0.15) is 5.60 Å². The van der Waals surface area contributed by atoms with Crippen molar-refractivity contribution in [1.29, 1.82) is 0 Å². The van der Waals surface area contributed by atoms with Gasteiger partial charge in [0.25, 0.3) is 0 Å². The van der Waals surface area contributed by atoms with Gasteiger partial charge in [-0.25, -0.2) is 0 Å². The molecule has 1 saturated heterocycles. The molecule has 1 atom stereocenters. The van der Waals surface area contributed by atoms with Gasteiger partial charge < -0.3 is 19.9 Å². The molecule has 1 aromatic carbocycles. The minimum atomic E-state index is -0.162. The third-order valence-corrected chi connectivity index (χ3v) is 3.48. The number of aliphatic hydroxyl groups is 1. The molecule has 4 heteroatoms. The maximum Gasteiger partial charge on any atom is 0.106 e. The Morgan fingerprint density at radius 3 is 2.61 bits per heavy atom. The summed E-state index contributed by atoms with van der Waals surface area (Å²) in [6.07, 6.45) is 0.944. The Morgan fingerprint density at radius 2 is 2.06 bits per heavy atom. The highest BCUT2D eigenvalue weighted by Crippen LogP contribution is 2.21. The van der Waals surface area contributed by atoms with Crippen LogP contribution in [-0.2, 0) is 22.6 Å². The zero-order chi connectivity index (χ0) is 12.8. The second kappa shape index (κ2) is 6.29. The van der Waals surface area contributed by atoms with Crippen molar-refractivity contribution < 1.29 is 14.6 Å². The Balaban J connectivity index is 1.80. The van der Waals surface area contributed by atoms with Crippen LogP contribution in [-0.4, -0.2) is 37.6 Å². The van der Waals surface area contributed by atoms with Gasteiger partial charge in [0.15, 0.2) is 0 Å². The first-order chi connectivity index (χ1) is 8.78. The topological polar surface area (TPSA) is 50.7 Å². The van der Waals surface area contributed by atoms with E-state index in [0.717, 1.165) is 31.7 Å². The van der Waals surface area contributed by atoms with Crippen LogP contribution in [0.4, 0.5) is 0 Å². The van der Waals surface area contributed by atoms with E-state index in [1.54, 1.807) is 7.11 Å². The van der Waals surface area contributed by atoms with Gasteiger partial charge in [-0.15, -0.1) is 0 Å². The van der Waals surface area contributed by atoms with Crippen molar-refractivity contribution in [3.63, 3.8) is 0 Å². The molecule has 0 bridgehead atoms. The molecule has 1 unspecified atom stereocenters. The third kappa shape index (κ3) is 3.29. The number of hydrogen-bond donors (Lipinski definition) is 2. The van der Waals surface area contributed by atoms with Crippen LogP contribution in [0.15, 0.2) is 24.3 Å². The number of hydrogen-bond acceptors (Lipinski definition) is 4. The largest absolute Gasteiger partial charge is 0.392 e. The fraction of sp³-hybridized carbons (Fsp3) is 0.571. The Bertz CT molecular complexity index is 358. The molecule has 1 heterocycles. The lowest BCUT2D eigenvalue weighted by molar-refractivity contribution is -0.0159. The van der Waals surface area contributed by atoms with Crippen LogP contribution >= 0.6 is 0 Å². The average Bonchev–Trinajstić information content (AvgIpc) is 2.89. The highest BCUT2D eigenvalue weighted by molar-refractivity contribution is 5.21. The predicted octanol–water partition coefficient (Wildman–Crippen LogP) is 1.07. The molecule has 0 amide bonds. The molecule has 2 N–H and O–H groups in total. The van der Waals surface area contributed by atoms with Crippen LogP contribution in [0.1, 0.15) is 17.5 Å². The monoisotopic (exact) mass is 251 g/mol. The van der Waals surface area contributed by atoms with Crippen LogP contribution in [0.25, 0.3) is 0 Å². The normalized spacial score (nSPS) is 23.4. The molecular formula is C14H21NO3. The number of nitrogens with one attached hydrogen (secondary N) is 1. The van der Waals surface area contributed by atoms with E-state index in [4.69, 9.17) is 14.6 Å². The molecule has 1 aromatic rings. The van der Waals surface area contributed by atoms with Gasteiger partial charge in [0.2, 0.25) is 0 Å². The van der Waals surface area contributed by atoms with Crippen molar-refractivity contribution in [2.75, 3.05) is 26.9 Å². The third-order valence-electron chi connectivity index (χ3n) is 3.48. The van der Waals surface area contributed by atoms with Gasteiger partial charge >= 0.3 is 0 Å². The zero-order valence-electron chi connectivity index (χ0n) is 10.8. The lowest BCUT2D eigenvalue weighted by Gasteiger charge is -2.26. The molecule has 1 aliphatic rings. The van der Waals surface area contributed by atoms with Gasteiger partial charge in [-0.05, 0) is 11.1 Å². The summed E-state index contributed by atoms with van der Waals surface area (Å²) >= 11 is 0. The van der Waals surface area contributed by atoms with Gasteiger partial charge in [-0.3, -0.25) is 0 Å². The summed E-state index contributed by atoms with van der Waals surface area (Å²) in [4.78, 5) is 0. The molecule has 100 valence electrons. The Hall–Kier alpha value is -0.940. The van der Waals surface area contributed by atoms with Crippen molar-refractivity contribution in [1.82, 2.24) is 5.32 Å². The molecule has 18 heavy (non-hydrogen) atoms. The first-order valence-electron chi connectivity index (χ1n) is 6.30. The molecule has 1 aliphatic heterocycles. The van der Waals surface area contributed by atoms with Crippen LogP contribution in [0.3, 0.4) is 0 Å². The van der Waals surface area contributed by atoms with Gasteiger partial charge in [-0.1, -0.05) is 24.3 Å². The SMILES string of the molecule is COC1(CNCc2ccc(CO)cc2)CCOC1. The molecule has 0 spiro atoms. The highest BCUT2D eigenvalue weighted by atomic mass is 16.5.